The van der Waals surface area contributed by atoms with Gasteiger partial charge in [0.1, 0.15) is 6.61 Å². The highest BCUT2D eigenvalue weighted by Crippen LogP contribution is 2.34. The number of non-ortho nitro benzene ring substituents is 1. The topological polar surface area (TPSA) is 117 Å². The molecule has 0 spiro atoms. The summed E-state index contributed by atoms with van der Waals surface area (Å²) in [5.74, 6) is 2.08. The van der Waals surface area contributed by atoms with Gasteiger partial charge in [0.05, 0.1) is 11.5 Å². The predicted octanol–water partition coefficient (Wildman–Crippen LogP) is 3.74. The Balaban J connectivity index is 1.57. The second kappa shape index (κ2) is 11.8. The average molecular weight is 523 g/mol. The van der Waals surface area contributed by atoms with Crippen molar-refractivity contribution in [1.29, 1.82) is 0 Å². The minimum Gasteiger partial charge on any atom is -0.490 e. The number of nitro groups is 1. The molecule has 1 heterocycles. The van der Waals surface area contributed by atoms with E-state index >= 15 is 0 Å². The molecule has 1 aromatic heterocycles. The van der Waals surface area contributed by atoms with Crippen molar-refractivity contribution in [2.45, 2.75) is 25.2 Å². The van der Waals surface area contributed by atoms with E-state index in [1.807, 2.05) is 26.1 Å². The minimum atomic E-state index is -0.423. The molecule has 32 heavy (non-hydrogen) atoms. The first-order chi connectivity index (χ1) is 15.5. The van der Waals surface area contributed by atoms with E-state index in [1.54, 1.807) is 28.6 Å². The highest BCUT2D eigenvalue weighted by molar-refractivity contribution is 9.10. The third-order valence-electron chi connectivity index (χ3n) is 4.36. The number of nitro benzene ring substituents is 1. The Labute approximate surface area is 198 Å². The summed E-state index contributed by atoms with van der Waals surface area (Å²) >= 11 is 5.19. The Hall–Kier alpha value is -2.70. The number of aromatic nitrogens is 4. The molecule has 0 aliphatic rings. The van der Waals surface area contributed by atoms with Crippen LogP contribution in [0, 0.1) is 10.1 Å². The molecule has 0 amide bonds. The van der Waals surface area contributed by atoms with Crippen molar-refractivity contribution in [3.63, 3.8) is 0 Å². The molecule has 0 aliphatic heterocycles. The maximum absolute atomic E-state index is 10.8. The molecule has 0 aliphatic carbocycles. The SMILES string of the molecule is CCOc1cc(CNCCSc2nnnn2C)c(Br)cc1OCc1ccc([N+](=O)[O-])cc1. The predicted molar refractivity (Wildman–Crippen MR) is 124 cm³/mol. The largest absolute Gasteiger partial charge is 0.490 e. The summed E-state index contributed by atoms with van der Waals surface area (Å²) in [4.78, 5) is 10.4. The van der Waals surface area contributed by atoms with Gasteiger partial charge in [0.25, 0.3) is 5.69 Å². The Bertz CT molecular complexity index is 1050. The monoisotopic (exact) mass is 522 g/mol. The van der Waals surface area contributed by atoms with E-state index in [0.717, 1.165) is 33.1 Å². The van der Waals surface area contributed by atoms with Gasteiger partial charge in [-0.15, -0.1) is 5.10 Å². The summed E-state index contributed by atoms with van der Waals surface area (Å²) in [7, 11) is 1.81. The zero-order chi connectivity index (χ0) is 22.9. The second-order valence-electron chi connectivity index (χ2n) is 6.65. The van der Waals surface area contributed by atoms with Crippen molar-refractivity contribution < 1.29 is 14.4 Å². The fourth-order valence-electron chi connectivity index (χ4n) is 2.75. The standard InChI is InChI=1S/C20H23BrN6O4S/c1-3-30-18-10-15(12-22-8-9-32-20-23-24-25-26(20)2)17(21)11-19(18)31-13-14-4-6-16(7-5-14)27(28)29/h4-7,10-11,22H,3,8-9,12-13H2,1-2H3. The number of nitrogens with zero attached hydrogens (tertiary/aromatic N) is 5. The van der Waals surface area contributed by atoms with E-state index < -0.39 is 4.92 Å². The lowest BCUT2D eigenvalue weighted by Gasteiger charge is -2.15. The van der Waals surface area contributed by atoms with E-state index in [9.17, 15) is 10.1 Å². The Morgan fingerprint density at radius 1 is 1.22 bits per heavy atom. The van der Waals surface area contributed by atoms with Crippen molar-refractivity contribution in [1.82, 2.24) is 25.5 Å². The zero-order valence-electron chi connectivity index (χ0n) is 17.7. The molecule has 2 aromatic carbocycles. The van der Waals surface area contributed by atoms with Gasteiger partial charge in [-0.05, 0) is 52.7 Å². The van der Waals surface area contributed by atoms with Crippen LogP contribution in [0.3, 0.4) is 0 Å². The fraction of sp³-hybridized carbons (Fsp3) is 0.350. The lowest BCUT2D eigenvalue weighted by molar-refractivity contribution is -0.384. The maximum Gasteiger partial charge on any atom is 0.269 e. The molecule has 170 valence electrons. The summed E-state index contributed by atoms with van der Waals surface area (Å²) < 4.78 is 14.3. The van der Waals surface area contributed by atoms with Gasteiger partial charge in [-0.1, -0.05) is 27.7 Å². The van der Waals surface area contributed by atoms with Gasteiger partial charge in [0, 0.05) is 42.5 Å². The van der Waals surface area contributed by atoms with Crippen LogP contribution in [0.5, 0.6) is 11.5 Å². The third-order valence-corrected chi connectivity index (χ3v) is 6.11. The van der Waals surface area contributed by atoms with E-state index in [0.29, 0.717) is 24.7 Å². The smallest absolute Gasteiger partial charge is 0.269 e. The molecule has 10 nitrogen and oxygen atoms in total. The zero-order valence-corrected chi connectivity index (χ0v) is 20.1. The first-order valence-electron chi connectivity index (χ1n) is 9.85. The van der Waals surface area contributed by atoms with E-state index in [1.165, 1.54) is 12.1 Å². The molecule has 3 aromatic rings. The van der Waals surface area contributed by atoms with Gasteiger partial charge in [0.2, 0.25) is 5.16 Å². The van der Waals surface area contributed by atoms with Crippen LogP contribution in [-0.4, -0.2) is 44.0 Å². The van der Waals surface area contributed by atoms with Crippen LogP contribution in [0.1, 0.15) is 18.1 Å². The van der Waals surface area contributed by atoms with Crippen LogP contribution in [-0.2, 0) is 20.2 Å². The number of ether oxygens (including phenoxy) is 2. The Morgan fingerprint density at radius 3 is 2.62 bits per heavy atom. The van der Waals surface area contributed by atoms with Crippen LogP contribution in [0.15, 0.2) is 46.0 Å². The fourth-order valence-corrected chi connectivity index (χ4v) is 3.96. The van der Waals surface area contributed by atoms with E-state index in [-0.39, 0.29) is 12.3 Å². The molecule has 1 N–H and O–H groups in total. The Kier molecular flexibility index (Phi) is 8.82. The van der Waals surface area contributed by atoms with Crippen LogP contribution in [0.4, 0.5) is 5.69 Å². The van der Waals surface area contributed by atoms with Gasteiger partial charge in [0.15, 0.2) is 11.5 Å². The number of hydrogen-bond acceptors (Lipinski definition) is 9. The lowest BCUT2D eigenvalue weighted by Crippen LogP contribution is -2.17. The molecule has 0 unspecified atom stereocenters. The number of halogens is 1. The number of tetrazole rings is 1. The van der Waals surface area contributed by atoms with Crippen LogP contribution < -0.4 is 14.8 Å². The van der Waals surface area contributed by atoms with E-state index in [2.05, 4.69) is 36.8 Å². The first kappa shape index (κ1) is 24.0. The van der Waals surface area contributed by atoms with Crippen molar-refractivity contribution in [2.24, 2.45) is 7.05 Å². The van der Waals surface area contributed by atoms with Gasteiger partial charge >= 0.3 is 0 Å². The van der Waals surface area contributed by atoms with Gasteiger partial charge in [-0.2, -0.15) is 0 Å². The second-order valence-corrected chi connectivity index (χ2v) is 8.56. The number of aryl methyl sites for hydroxylation is 1. The number of thioether (sulfide) groups is 1. The van der Waals surface area contributed by atoms with Crippen LogP contribution in [0.25, 0.3) is 0 Å². The number of nitrogens with one attached hydrogen (secondary N) is 1. The van der Waals surface area contributed by atoms with Crippen molar-refractivity contribution >= 4 is 33.4 Å². The Morgan fingerprint density at radius 2 is 1.97 bits per heavy atom. The molecular formula is C20H23BrN6O4S. The molecule has 0 atom stereocenters. The highest BCUT2D eigenvalue weighted by Gasteiger charge is 2.12. The normalized spacial score (nSPS) is 10.8. The van der Waals surface area contributed by atoms with Crippen molar-refractivity contribution in [3.8, 4) is 11.5 Å². The van der Waals surface area contributed by atoms with Crippen molar-refractivity contribution in [3.05, 3.63) is 62.1 Å². The highest BCUT2D eigenvalue weighted by atomic mass is 79.9. The van der Waals surface area contributed by atoms with Gasteiger partial charge < -0.3 is 14.8 Å². The van der Waals surface area contributed by atoms with Gasteiger partial charge in [-0.3, -0.25) is 10.1 Å². The summed E-state index contributed by atoms with van der Waals surface area (Å²) in [6.07, 6.45) is 0. The summed E-state index contributed by atoms with van der Waals surface area (Å²) in [5.41, 5.74) is 1.92. The quantitative estimate of drug-likeness (QED) is 0.164. The van der Waals surface area contributed by atoms with Crippen LogP contribution >= 0.6 is 27.7 Å². The van der Waals surface area contributed by atoms with E-state index in [4.69, 9.17) is 9.47 Å². The average Bonchev–Trinajstić information content (AvgIpc) is 3.19. The van der Waals surface area contributed by atoms with Gasteiger partial charge in [-0.25, -0.2) is 4.68 Å². The molecule has 0 radical (unpaired) electrons. The summed E-state index contributed by atoms with van der Waals surface area (Å²) in [5, 5.41) is 26.4. The molecule has 12 heteroatoms. The summed E-state index contributed by atoms with van der Waals surface area (Å²) in [6.45, 7) is 4.13. The first-order valence-corrected chi connectivity index (χ1v) is 11.6. The molecule has 0 saturated heterocycles. The van der Waals surface area contributed by atoms with Crippen LogP contribution in [0.2, 0.25) is 0 Å². The number of hydrogen-bond donors (Lipinski definition) is 1. The number of benzene rings is 2. The third kappa shape index (κ3) is 6.65. The maximum atomic E-state index is 10.8. The molecule has 0 bridgehead atoms. The lowest BCUT2D eigenvalue weighted by atomic mass is 10.2. The molecular weight excluding hydrogens is 500 g/mol. The summed E-state index contributed by atoms with van der Waals surface area (Å²) in [6, 6.07) is 10.1. The van der Waals surface area contributed by atoms with Crippen molar-refractivity contribution in [2.75, 3.05) is 18.9 Å². The minimum absolute atomic E-state index is 0.0509. The molecule has 3 rings (SSSR count). The number of rotatable bonds is 12. The molecule has 0 fully saturated rings. The molecule has 0 saturated carbocycles.